The Bertz CT molecular complexity index is 398. The lowest BCUT2D eigenvalue weighted by Crippen LogP contribution is -2.37. The summed E-state index contributed by atoms with van der Waals surface area (Å²) in [6.45, 7) is 10.2. The smallest absolute Gasteiger partial charge is 0.0537 e. The fourth-order valence-electron chi connectivity index (χ4n) is 6.37. The van der Waals surface area contributed by atoms with E-state index in [1.165, 1.54) is 112 Å². The topological polar surface area (TPSA) is 156 Å². The minimum absolute atomic E-state index is 0.824. The van der Waals surface area contributed by atoms with Crippen molar-refractivity contribution in [3.63, 3.8) is 0 Å². The van der Waals surface area contributed by atoms with Crippen molar-refractivity contribution in [2.75, 3.05) is 39.3 Å². The lowest BCUT2D eigenvalue weighted by Gasteiger charge is -2.35. The lowest BCUT2D eigenvalue weighted by atomic mass is 10.5. The first-order valence-electron chi connectivity index (χ1n) is 15.0. The van der Waals surface area contributed by atoms with Crippen LogP contribution < -0.4 is 34.4 Å². The van der Waals surface area contributed by atoms with Crippen LogP contribution in [-0.2, 0) is 0 Å². The molecule has 0 aromatic heterocycles. The van der Waals surface area contributed by atoms with Crippen LogP contribution in [0.3, 0.4) is 0 Å². The number of nitrogens with two attached hydrogens (primary N) is 6. The average molecular weight is 547 g/mol. The van der Waals surface area contributed by atoms with Crippen LogP contribution in [0, 0.1) is 0 Å². The van der Waals surface area contributed by atoms with E-state index in [-0.39, 0.29) is 0 Å². The summed E-state index contributed by atoms with van der Waals surface area (Å²) in [6, 6.07) is 14.1. The summed E-state index contributed by atoms with van der Waals surface area (Å²) in [5.41, 5.74) is 35.6. The third-order valence-corrected chi connectivity index (χ3v) is 23.3. The third kappa shape index (κ3) is 16.8. The monoisotopic (exact) mass is 546 g/mol. The minimum atomic E-state index is -1.31. The number of hydrogen-bond acceptors (Lipinski definition) is 6. The van der Waals surface area contributed by atoms with Crippen molar-refractivity contribution in [3.8, 4) is 0 Å². The highest BCUT2D eigenvalue weighted by Gasteiger charge is 2.33. The van der Waals surface area contributed by atoms with Gasteiger partial charge in [0, 0.05) is 8.07 Å². The maximum absolute atomic E-state index is 5.93. The summed E-state index contributed by atoms with van der Waals surface area (Å²) < 4.78 is 0. The molecule has 0 rings (SSSR count). The van der Waals surface area contributed by atoms with E-state index in [1.807, 2.05) is 0 Å². The molecule has 0 saturated heterocycles. The van der Waals surface area contributed by atoms with Crippen molar-refractivity contribution >= 4 is 24.2 Å². The van der Waals surface area contributed by atoms with E-state index in [2.05, 4.69) is 13.1 Å². The predicted molar refractivity (Wildman–Crippen MR) is 168 cm³/mol. The summed E-state index contributed by atoms with van der Waals surface area (Å²) in [4.78, 5) is 0. The van der Waals surface area contributed by atoms with Crippen LogP contribution in [0.25, 0.3) is 0 Å². The average Bonchev–Trinajstić information content (AvgIpc) is 2.85. The molecule has 35 heavy (non-hydrogen) atoms. The van der Waals surface area contributed by atoms with Crippen molar-refractivity contribution in [1.82, 2.24) is 0 Å². The van der Waals surface area contributed by atoms with Crippen molar-refractivity contribution in [3.05, 3.63) is 0 Å². The Kier molecular flexibility index (Phi) is 21.6. The predicted octanol–water partition coefficient (Wildman–Crippen LogP) is 4.47. The quantitative estimate of drug-likeness (QED) is 0.0879. The highest BCUT2D eigenvalue weighted by molar-refractivity contribution is 6.81. The number of hydrogen-bond donors (Lipinski definition) is 6. The molecule has 0 bridgehead atoms. The van der Waals surface area contributed by atoms with Gasteiger partial charge in [0.15, 0.2) is 0 Å². The van der Waals surface area contributed by atoms with Crippen LogP contribution in [0.5, 0.6) is 0 Å². The Balaban J connectivity index is 5.01. The zero-order chi connectivity index (χ0) is 26.5. The van der Waals surface area contributed by atoms with E-state index in [1.54, 1.807) is 0 Å². The van der Waals surface area contributed by atoms with Crippen LogP contribution in [0.4, 0.5) is 0 Å². The summed E-state index contributed by atoms with van der Waals surface area (Å²) in [7, 11) is -3.82. The van der Waals surface area contributed by atoms with Crippen LogP contribution in [0.2, 0.25) is 73.5 Å². The van der Waals surface area contributed by atoms with E-state index < -0.39 is 24.2 Å². The fourth-order valence-corrected chi connectivity index (χ4v) is 20.2. The second-order valence-electron chi connectivity index (χ2n) is 12.2. The van der Waals surface area contributed by atoms with Gasteiger partial charge in [0.1, 0.15) is 0 Å². The fraction of sp³-hybridized carbons (Fsp3) is 1.00. The molecule has 12 N–H and O–H groups in total. The molecule has 6 nitrogen and oxygen atoms in total. The first kappa shape index (κ1) is 35.4. The van der Waals surface area contributed by atoms with Crippen LogP contribution in [-0.4, -0.2) is 63.5 Å². The first-order chi connectivity index (χ1) is 16.8. The van der Waals surface area contributed by atoms with Crippen LogP contribution >= 0.6 is 0 Å². The SMILES string of the molecule is C[Si](C)(CCC[Si](CCCN)(CCCN)CCCN)CCC[Si](CCCN)(CCCN)CCCN. The van der Waals surface area contributed by atoms with Gasteiger partial charge in [-0.3, -0.25) is 0 Å². The van der Waals surface area contributed by atoms with Crippen molar-refractivity contribution < 1.29 is 0 Å². The van der Waals surface area contributed by atoms with Crippen molar-refractivity contribution in [2.45, 2.75) is 125 Å². The summed E-state index contributed by atoms with van der Waals surface area (Å²) in [5.74, 6) is 0. The van der Waals surface area contributed by atoms with E-state index >= 15 is 0 Å². The summed E-state index contributed by atoms with van der Waals surface area (Å²) in [5, 5.41) is 0. The molecule has 0 unspecified atom stereocenters. The molecule has 0 saturated carbocycles. The summed E-state index contributed by atoms with van der Waals surface area (Å²) >= 11 is 0. The normalized spacial score (nSPS) is 13.0. The van der Waals surface area contributed by atoms with E-state index in [4.69, 9.17) is 34.4 Å². The van der Waals surface area contributed by atoms with Gasteiger partial charge >= 0.3 is 0 Å². The minimum Gasteiger partial charge on any atom is -0.330 e. The van der Waals surface area contributed by atoms with Crippen molar-refractivity contribution in [2.24, 2.45) is 34.4 Å². The molecule has 0 aliphatic rings. The molecule has 0 spiro atoms. The Morgan fingerprint density at radius 3 is 0.714 bits per heavy atom. The third-order valence-electron chi connectivity index (χ3n) is 8.59. The molecule has 0 fully saturated rings. The van der Waals surface area contributed by atoms with Gasteiger partial charge in [0.05, 0.1) is 16.1 Å². The molecule has 0 radical (unpaired) electrons. The summed E-state index contributed by atoms with van der Waals surface area (Å²) in [6.07, 6.45) is 9.94. The Morgan fingerprint density at radius 2 is 0.514 bits per heavy atom. The lowest BCUT2D eigenvalue weighted by molar-refractivity contribution is 0.804. The molecule has 0 heterocycles. The Hall–Kier alpha value is 0.411. The van der Waals surface area contributed by atoms with E-state index in [0.29, 0.717) is 0 Å². The zero-order valence-corrected chi connectivity index (χ0v) is 26.9. The molecule has 212 valence electrons. The second-order valence-corrected chi connectivity index (χ2v) is 27.6. The Labute approximate surface area is 222 Å². The van der Waals surface area contributed by atoms with Crippen LogP contribution in [0.15, 0.2) is 0 Å². The Morgan fingerprint density at radius 1 is 0.314 bits per heavy atom. The molecule has 0 aliphatic heterocycles. The van der Waals surface area contributed by atoms with Gasteiger partial charge in [-0.05, 0) is 77.8 Å². The van der Waals surface area contributed by atoms with Gasteiger partial charge in [-0.25, -0.2) is 0 Å². The number of rotatable bonds is 26. The van der Waals surface area contributed by atoms with Gasteiger partial charge < -0.3 is 34.4 Å². The molecule has 9 heteroatoms. The molecule has 0 amide bonds. The first-order valence-corrected chi connectivity index (χ1v) is 24.1. The molecule has 0 atom stereocenters. The molecular weight excluding hydrogens is 481 g/mol. The molecule has 0 aliphatic carbocycles. The van der Waals surface area contributed by atoms with E-state index in [9.17, 15) is 0 Å². The maximum atomic E-state index is 5.93. The van der Waals surface area contributed by atoms with Gasteiger partial charge in [0.25, 0.3) is 0 Å². The largest absolute Gasteiger partial charge is 0.330 e. The van der Waals surface area contributed by atoms with Crippen molar-refractivity contribution in [1.29, 1.82) is 0 Å². The highest BCUT2D eigenvalue weighted by Crippen LogP contribution is 2.36. The van der Waals surface area contributed by atoms with Gasteiger partial charge in [-0.2, -0.15) is 0 Å². The highest BCUT2D eigenvalue weighted by atomic mass is 28.3. The molecule has 0 aromatic carbocycles. The maximum Gasteiger partial charge on any atom is 0.0537 e. The molecule has 0 aromatic rings. The molecular formula is C26H66N6Si3. The van der Waals surface area contributed by atoms with Gasteiger partial charge in [-0.15, -0.1) is 0 Å². The van der Waals surface area contributed by atoms with Gasteiger partial charge in [0.2, 0.25) is 0 Å². The second kappa shape index (κ2) is 21.4. The van der Waals surface area contributed by atoms with Gasteiger partial charge in [-0.1, -0.05) is 86.4 Å². The van der Waals surface area contributed by atoms with E-state index in [0.717, 1.165) is 39.3 Å². The standard InChI is InChI=1S/C26H66N6Si3/c1-33(2,17-9-25-34(19-3-11-27,20-4-12-28)21-5-13-29)18-10-26-35(22-6-14-30,23-7-15-31)24-8-16-32/h3-32H2,1-2H3. The van der Waals surface area contributed by atoms with Crippen LogP contribution in [0.1, 0.15) is 51.4 Å². The zero-order valence-electron chi connectivity index (χ0n) is 23.9.